The minimum atomic E-state index is -2.81. The lowest BCUT2D eigenvalue weighted by molar-refractivity contribution is -0.321. The maximum absolute atomic E-state index is 15.4. The normalized spacial score (nSPS) is 32.0. The van der Waals surface area contributed by atoms with Crippen molar-refractivity contribution >= 4 is 47.0 Å². The molecule has 73 heavy (non-hydrogen) atoms. The summed E-state index contributed by atoms with van der Waals surface area (Å²) in [6.45, 7) is 17.9. The smallest absolute Gasteiger partial charge is 0.271 e. The monoisotopic (exact) mass is 1030 g/mol. The molecule has 0 aromatic rings. The van der Waals surface area contributed by atoms with Crippen LogP contribution in [0.2, 0.25) is 0 Å². The van der Waals surface area contributed by atoms with Gasteiger partial charge in [0.15, 0.2) is 23.2 Å². The van der Waals surface area contributed by atoms with Gasteiger partial charge < -0.3 is 40.3 Å². The van der Waals surface area contributed by atoms with Crippen molar-refractivity contribution in [3.8, 4) is 0 Å². The molecule has 4 aliphatic rings. The van der Waals surface area contributed by atoms with Crippen molar-refractivity contribution in [3.05, 3.63) is 23.3 Å². The second-order valence-electron chi connectivity index (χ2n) is 21.5. The summed E-state index contributed by atoms with van der Waals surface area (Å²) < 4.78 is 11.6. The van der Waals surface area contributed by atoms with E-state index in [0.29, 0.717) is 24.0 Å². The van der Waals surface area contributed by atoms with E-state index in [4.69, 9.17) is 9.47 Å². The molecular weight excluding hydrogens is 949 g/mol. The number of hydrogen-bond donors (Lipinski definition) is 8. The molecule has 0 aromatic heterocycles. The zero-order chi connectivity index (χ0) is 55.0. The molecule has 0 spiro atoms. The molecular formula is C51H84N8O14. The quantitative estimate of drug-likeness (QED) is 0.0727. The fourth-order valence-electron chi connectivity index (χ4n) is 10.2. The van der Waals surface area contributed by atoms with Gasteiger partial charge in [0.25, 0.3) is 29.5 Å². The maximum atomic E-state index is 15.4. The van der Waals surface area contributed by atoms with Crippen LogP contribution in [0, 0.1) is 29.6 Å². The lowest BCUT2D eigenvalue weighted by Crippen LogP contribution is -2.69. The molecule has 13 unspecified atom stereocenters. The Hall–Kier alpha value is -4.68. The third-order valence-electron chi connectivity index (χ3n) is 15.1. The molecule has 4 aliphatic heterocycles. The van der Waals surface area contributed by atoms with Crippen LogP contribution < -0.4 is 21.5 Å². The number of fused-ring (bicyclic) bond motifs is 2. The number of aliphatic hydroxyl groups excluding tert-OH is 1. The van der Waals surface area contributed by atoms with E-state index in [0.717, 1.165) is 21.8 Å². The highest BCUT2D eigenvalue weighted by Gasteiger charge is 2.58. The molecule has 22 nitrogen and oxygen atoms in total. The zero-order valence-corrected chi connectivity index (χ0v) is 45.1. The number of nitrogens with zero attached hydrogens (tertiary/aromatic N) is 4. The van der Waals surface area contributed by atoms with Crippen molar-refractivity contribution in [3.63, 3.8) is 0 Å². The Morgan fingerprint density at radius 3 is 2.05 bits per heavy atom. The minimum Gasteiger partial charge on any atom is -0.391 e. The molecule has 412 valence electrons. The van der Waals surface area contributed by atoms with Crippen LogP contribution in [0.1, 0.15) is 128 Å². The first-order chi connectivity index (χ1) is 34.1. The number of Topliss-reactive ketones (excluding diaryl/α,β-unsaturated/α-hetero) is 2. The summed E-state index contributed by atoms with van der Waals surface area (Å²) in [5.74, 6) is -12.2. The van der Waals surface area contributed by atoms with Gasteiger partial charge in [0.1, 0.15) is 30.2 Å². The predicted octanol–water partition coefficient (Wildman–Crippen LogP) is 1.05. The molecule has 8 N–H and O–H groups in total. The summed E-state index contributed by atoms with van der Waals surface area (Å²) in [6.07, 6.45) is 1.33. The number of carbonyl (C=O) groups excluding carboxylic acids is 8. The summed E-state index contributed by atoms with van der Waals surface area (Å²) in [7, 11) is 2.57. The molecule has 13 atom stereocenters. The average Bonchev–Trinajstić information content (AvgIpc) is 3.35. The van der Waals surface area contributed by atoms with Gasteiger partial charge >= 0.3 is 0 Å². The number of rotatable bonds is 13. The number of hydroxylamine groups is 2. The number of methoxy groups -OCH3 is 1. The van der Waals surface area contributed by atoms with E-state index in [2.05, 4.69) is 21.5 Å². The second-order valence-corrected chi connectivity index (χ2v) is 21.5. The van der Waals surface area contributed by atoms with Gasteiger partial charge in [0.2, 0.25) is 11.7 Å². The average molecular weight is 1030 g/mol. The standard InChI is InChI=1S/C51H84N8O14/c1-14-29(6)42(62)31(8)24-32(9)43-30(7)19-20-51(70,73-43)50(11,69)49(68)55-41-34(28(4)5)25-39(61)40(33(10)60)54-44(63)35-17-15-21-52-57(35)46(65)37(23-27(2)3)56(12)45(64)38(26-72-13)59(71)47(66)36-18-16-22-53-58(36)48(41)67/h14,24,27-28,30-31,33-38,40-41,43,52-53,60,69-71H,15-23,25-26H2,1-13H3,(H,54,63)(H,55,68)/b29-14+,32-24+. The van der Waals surface area contributed by atoms with Crippen molar-refractivity contribution in [2.24, 2.45) is 29.6 Å². The summed E-state index contributed by atoms with van der Waals surface area (Å²) in [6, 6.07) is -9.17. The minimum absolute atomic E-state index is 0.0623. The molecule has 0 saturated carbocycles. The summed E-state index contributed by atoms with van der Waals surface area (Å²) in [5.41, 5.74) is 4.18. The van der Waals surface area contributed by atoms with Gasteiger partial charge in [-0.1, -0.05) is 53.7 Å². The van der Waals surface area contributed by atoms with Gasteiger partial charge in [-0.05, 0) is 108 Å². The Morgan fingerprint density at radius 2 is 1.51 bits per heavy atom. The van der Waals surface area contributed by atoms with E-state index < -0.39 is 132 Å². The first-order valence-corrected chi connectivity index (χ1v) is 25.8. The van der Waals surface area contributed by atoms with Gasteiger partial charge in [0.05, 0.1) is 18.8 Å². The van der Waals surface area contributed by atoms with Crippen LogP contribution in [0.15, 0.2) is 23.3 Å². The number of hydrogen-bond acceptors (Lipinski definition) is 16. The van der Waals surface area contributed by atoms with Crippen LogP contribution in [0.5, 0.6) is 0 Å². The largest absolute Gasteiger partial charge is 0.391 e. The fraction of sp³-hybridized carbons (Fsp3) is 0.765. The van der Waals surface area contributed by atoms with E-state index in [9.17, 15) is 54.1 Å². The molecule has 0 aromatic carbocycles. The molecule has 0 bridgehead atoms. The number of carbonyl (C=O) groups is 8. The maximum Gasteiger partial charge on any atom is 0.271 e. The van der Waals surface area contributed by atoms with Crippen molar-refractivity contribution in [1.82, 2.24) is 41.5 Å². The number of ketones is 2. The van der Waals surface area contributed by atoms with Gasteiger partial charge in [-0.25, -0.2) is 15.9 Å². The summed E-state index contributed by atoms with van der Waals surface area (Å²) >= 11 is 0. The summed E-state index contributed by atoms with van der Waals surface area (Å²) in [5, 5.41) is 54.8. The van der Waals surface area contributed by atoms with Gasteiger partial charge in [0, 0.05) is 46.0 Å². The number of amides is 6. The Labute approximate surface area is 429 Å². The number of likely N-dealkylation sites (N-methyl/N-ethyl adjacent to an activating group) is 1. The zero-order valence-electron chi connectivity index (χ0n) is 45.1. The Bertz CT molecular complexity index is 2100. The third-order valence-corrected chi connectivity index (χ3v) is 15.1. The summed E-state index contributed by atoms with van der Waals surface area (Å²) in [4.78, 5) is 117. The lowest BCUT2D eigenvalue weighted by Gasteiger charge is -2.48. The van der Waals surface area contributed by atoms with E-state index in [1.807, 2.05) is 20.8 Å². The van der Waals surface area contributed by atoms with Crippen molar-refractivity contribution in [2.75, 3.05) is 33.9 Å². The van der Waals surface area contributed by atoms with Crippen LogP contribution in [0.3, 0.4) is 0 Å². The van der Waals surface area contributed by atoms with Crippen LogP contribution >= 0.6 is 0 Å². The number of hydrazine groups is 2. The van der Waals surface area contributed by atoms with Crippen LogP contribution in [-0.2, 0) is 47.8 Å². The SMILES string of the molecule is C/C=C(\C)C(=O)C(C)/C=C(\C)C1OC(O)(C(C)(O)C(=O)NC2C(=O)N3NCCCC3C(=O)N(O)C(COC)C(=O)N(C)C(CC(C)C)C(=O)N3NCCCC3C(=O)NC(C(C)O)C(=O)CC2C(C)C)CCC1C. The molecule has 4 saturated heterocycles. The fourth-order valence-corrected chi connectivity index (χ4v) is 10.2. The van der Waals surface area contributed by atoms with Gasteiger partial charge in [-0.15, -0.1) is 0 Å². The van der Waals surface area contributed by atoms with Crippen LogP contribution in [0.25, 0.3) is 0 Å². The third kappa shape index (κ3) is 13.8. The highest BCUT2D eigenvalue weighted by atomic mass is 16.6. The van der Waals surface area contributed by atoms with E-state index in [-0.39, 0.29) is 67.9 Å². The Balaban J connectivity index is 1.88. The molecule has 4 rings (SSSR count). The van der Waals surface area contributed by atoms with Crippen molar-refractivity contribution < 1.29 is 68.4 Å². The Morgan fingerprint density at radius 1 is 0.918 bits per heavy atom. The molecule has 22 heteroatoms. The highest BCUT2D eigenvalue weighted by molar-refractivity contribution is 5.99. The molecule has 4 fully saturated rings. The lowest BCUT2D eigenvalue weighted by atomic mass is 9.79. The van der Waals surface area contributed by atoms with Crippen molar-refractivity contribution in [2.45, 2.75) is 187 Å². The number of aliphatic hydroxyl groups is 3. The predicted molar refractivity (Wildman–Crippen MR) is 266 cm³/mol. The molecule has 6 amide bonds. The molecule has 4 heterocycles. The highest BCUT2D eigenvalue weighted by Crippen LogP contribution is 2.41. The van der Waals surface area contributed by atoms with Crippen LogP contribution in [0.4, 0.5) is 0 Å². The van der Waals surface area contributed by atoms with E-state index in [1.54, 1.807) is 53.7 Å². The first-order valence-electron chi connectivity index (χ1n) is 25.8. The first kappa shape index (κ1) is 60.9. The molecule has 0 aliphatic carbocycles. The number of ether oxygens (including phenoxy) is 2. The van der Waals surface area contributed by atoms with Crippen LogP contribution in [-0.4, -0.2) is 181 Å². The topological polar surface area (TPSA) is 297 Å². The van der Waals surface area contributed by atoms with Crippen molar-refractivity contribution in [1.29, 1.82) is 0 Å². The van der Waals surface area contributed by atoms with Gasteiger partial charge in [-0.2, -0.15) is 0 Å². The second kappa shape index (κ2) is 25.7. The molecule has 0 radical (unpaired) electrons. The Kier molecular flexibility index (Phi) is 21.4. The number of nitrogens with one attached hydrogen (secondary N) is 4. The number of allylic oxidation sites excluding steroid dienone is 3. The van der Waals surface area contributed by atoms with E-state index >= 15 is 4.79 Å². The van der Waals surface area contributed by atoms with E-state index in [1.165, 1.54) is 21.1 Å². The van der Waals surface area contributed by atoms with Gasteiger partial charge in [-0.3, -0.25) is 53.6 Å².